The molecule has 1 amide bonds. The first kappa shape index (κ1) is 16.0. The lowest BCUT2D eigenvalue weighted by Crippen LogP contribution is -2.30. The molecule has 24 heavy (non-hydrogen) atoms. The predicted octanol–water partition coefficient (Wildman–Crippen LogP) is 1.70. The van der Waals surface area contributed by atoms with Crippen molar-refractivity contribution in [3.05, 3.63) is 57.5 Å². The van der Waals surface area contributed by atoms with Crippen LogP contribution in [0.4, 0.5) is 0 Å². The van der Waals surface area contributed by atoms with Gasteiger partial charge in [-0.1, -0.05) is 6.07 Å². The SMILES string of the molecule is COc1ccc(CNC(=O)c2cnc3sccn3c2=O)cc1OC. The minimum absolute atomic E-state index is 0.00590. The minimum atomic E-state index is -0.470. The number of hydrogen-bond acceptors (Lipinski definition) is 6. The summed E-state index contributed by atoms with van der Waals surface area (Å²) in [6.07, 6.45) is 2.90. The monoisotopic (exact) mass is 345 g/mol. The molecule has 1 aromatic carbocycles. The summed E-state index contributed by atoms with van der Waals surface area (Å²) in [7, 11) is 3.10. The molecule has 7 nitrogen and oxygen atoms in total. The second kappa shape index (κ2) is 6.71. The van der Waals surface area contributed by atoms with Crippen LogP contribution in [0.2, 0.25) is 0 Å². The van der Waals surface area contributed by atoms with Crippen molar-refractivity contribution in [1.29, 1.82) is 0 Å². The predicted molar refractivity (Wildman–Crippen MR) is 90.1 cm³/mol. The summed E-state index contributed by atoms with van der Waals surface area (Å²) < 4.78 is 11.8. The Labute approximate surface area is 141 Å². The maximum atomic E-state index is 12.3. The number of ether oxygens (including phenoxy) is 2. The highest BCUT2D eigenvalue weighted by Gasteiger charge is 2.14. The van der Waals surface area contributed by atoms with Crippen LogP contribution in [-0.4, -0.2) is 29.5 Å². The van der Waals surface area contributed by atoms with Gasteiger partial charge in [0.15, 0.2) is 16.5 Å². The van der Waals surface area contributed by atoms with Crippen molar-refractivity contribution in [3.63, 3.8) is 0 Å². The number of fused-ring (bicyclic) bond motifs is 1. The molecule has 0 atom stereocenters. The van der Waals surface area contributed by atoms with Gasteiger partial charge < -0.3 is 14.8 Å². The summed E-state index contributed by atoms with van der Waals surface area (Å²) >= 11 is 1.33. The lowest BCUT2D eigenvalue weighted by molar-refractivity contribution is 0.0949. The molecule has 124 valence electrons. The molecule has 2 heterocycles. The van der Waals surface area contributed by atoms with Crippen LogP contribution in [0.1, 0.15) is 15.9 Å². The van der Waals surface area contributed by atoms with Crippen LogP contribution in [0.25, 0.3) is 4.96 Å². The van der Waals surface area contributed by atoms with E-state index in [9.17, 15) is 9.59 Å². The van der Waals surface area contributed by atoms with Crippen molar-refractivity contribution in [2.45, 2.75) is 6.54 Å². The van der Waals surface area contributed by atoms with Gasteiger partial charge in [-0.05, 0) is 17.7 Å². The molecule has 3 rings (SSSR count). The van der Waals surface area contributed by atoms with Gasteiger partial charge in [0.25, 0.3) is 11.5 Å². The highest BCUT2D eigenvalue weighted by Crippen LogP contribution is 2.27. The number of benzene rings is 1. The van der Waals surface area contributed by atoms with Crippen LogP contribution >= 0.6 is 11.3 Å². The molecule has 0 spiro atoms. The van der Waals surface area contributed by atoms with Crippen molar-refractivity contribution in [2.24, 2.45) is 0 Å². The standard InChI is InChI=1S/C16H15N3O4S/c1-22-12-4-3-10(7-13(12)23-2)8-17-14(20)11-9-18-16-19(15(11)21)5-6-24-16/h3-7,9H,8H2,1-2H3,(H,17,20). The Morgan fingerprint density at radius 3 is 2.83 bits per heavy atom. The Bertz CT molecular complexity index is 948. The molecule has 0 saturated carbocycles. The Morgan fingerprint density at radius 2 is 2.08 bits per heavy atom. The van der Waals surface area contributed by atoms with Gasteiger partial charge in [0.2, 0.25) is 0 Å². The van der Waals surface area contributed by atoms with Gasteiger partial charge in [-0.3, -0.25) is 14.0 Å². The zero-order chi connectivity index (χ0) is 17.1. The number of nitrogens with zero attached hydrogens (tertiary/aromatic N) is 2. The molecule has 0 radical (unpaired) electrons. The van der Waals surface area contributed by atoms with Gasteiger partial charge in [0, 0.05) is 24.3 Å². The molecule has 0 unspecified atom stereocenters. The van der Waals surface area contributed by atoms with Crippen LogP contribution in [0.15, 0.2) is 40.8 Å². The fourth-order valence-electron chi connectivity index (χ4n) is 2.25. The molecule has 8 heteroatoms. The molecule has 0 aliphatic carbocycles. The van der Waals surface area contributed by atoms with Crippen molar-refractivity contribution in [2.75, 3.05) is 14.2 Å². The molecule has 3 aromatic rings. The van der Waals surface area contributed by atoms with Crippen molar-refractivity contribution in [1.82, 2.24) is 14.7 Å². The number of carbonyl (C=O) groups is 1. The molecule has 1 N–H and O–H groups in total. The summed E-state index contributed by atoms with van der Waals surface area (Å²) in [5.74, 6) is 0.714. The van der Waals surface area contributed by atoms with Crippen LogP contribution in [0, 0.1) is 0 Å². The van der Waals surface area contributed by atoms with E-state index >= 15 is 0 Å². The Kier molecular flexibility index (Phi) is 4.48. The summed E-state index contributed by atoms with van der Waals surface area (Å²) in [5, 5.41) is 4.46. The lowest BCUT2D eigenvalue weighted by atomic mass is 10.2. The molecule has 0 aliphatic heterocycles. The third kappa shape index (κ3) is 2.95. The van der Waals surface area contributed by atoms with Gasteiger partial charge in [-0.15, -0.1) is 11.3 Å². The van der Waals surface area contributed by atoms with Crippen LogP contribution in [0.5, 0.6) is 11.5 Å². The van der Waals surface area contributed by atoms with E-state index in [1.54, 1.807) is 37.9 Å². The van der Waals surface area contributed by atoms with Crippen molar-refractivity contribution in [3.8, 4) is 11.5 Å². The number of carbonyl (C=O) groups excluding carboxylic acids is 1. The number of nitrogens with one attached hydrogen (secondary N) is 1. The maximum absolute atomic E-state index is 12.3. The van der Waals surface area contributed by atoms with Gasteiger partial charge >= 0.3 is 0 Å². The Morgan fingerprint density at radius 1 is 1.29 bits per heavy atom. The number of amides is 1. The van der Waals surface area contributed by atoms with E-state index < -0.39 is 5.91 Å². The number of thiazole rings is 1. The minimum Gasteiger partial charge on any atom is -0.493 e. The topological polar surface area (TPSA) is 81.9 Å². The van der Waals surface area contributed by atoms with Gasteiger partial charge in [0.05, 0.1) is 14.2 Å². The van der Waals surface area contributed by atoms with E-state index in [4.69, 9.17) is 9.47 Å². The lowest BCUT2D eigenvalue weighted by Gasteiger charge is -2.10. The fourth-order valence-corrected chi connectivity index (χ4v) is 2.92. The molecular weight excluding hydrogens is 330 g/mol. The zero-order valence-corrected chi connectivity index (χ0v) is 13.9. The third-order valence-corrected chi connectivity index (χ3v) is 4.26. The number of methoxy groups -OCH3 is 2. The van der Waals surface area contributed by atoms with Crippen molar-refractivity contribution >= 4 is 22.2 Å². The Balaban J connectivity index is 1.77. The fraction of sp³-hybridized carbons (Fsp3) is 0.188. The number of rotatable bonds is 5. The van der Waals surface area contributed by atoms with Crippen molar-refractivity contribution < 1.29 is 14.3 Å². The second-order valence-corrected chi connectivity index (χ2v) is 5.78. The first-order valence-electron chi connectivity index (χ1n) is 7.08. The Hall–Kier alpha value is -2.87. The molecule has 0 aliphatic rings. The van der Waals surface area contributed by atoms with E-state index in [-0.39, 0.29) is 17.7 Å². The smallest absolute Gasteiger partial charge is 0.271 e. The van der Waals surface area contributed by atoms with E-state index in [0.29, 0.717) is 16.5 Å². The molecule has 2 aromatic heterocycles. The number of aromatic nitrogens is 2. The first-order valence-corrected chi connectivity index (χ1v) is 7.96. The van der Waals surface area contributed by atoms with Gasteiger partial charge in [-0.25, -0.2) is 4.98 Å². The largest absolute Gasteiger partial charge is 0.493 e. The summed E-state index contributed by atoms with van der Waals surface area (Å²) in [6.45, 7) is 0.255. The maximum Gasteiger partial charge on any atom is 0.271 e. The van der Waals surface area contributed by atoms with Gasteiger partial charge in [-0.2, -0.15) is 0 Å². The highest BCUT2D eigenvalue weighted by atomic mass is 32.1. The van der Waals surface area contributed by atoms with E-state index in [1.165, 1.54) is 21.9 Å². The van der Waals surface area contributed by atoms with Crippen LogP contribution in [0.3, 0.4) is 0 Å². The van der Waals surface area contributed by atoms with Crippen LogP contribution < -0.4 is 20.3 Å². The average molecular weight is 345 g/mol. The number of hydrogen-bond donors (Lipinski definition) is 1. The second-order valence-electron chi connectivity index (χ2n) is 4.90. The summed E-state index contributed by atoms with van der Waals surface area (Å²) in [5.41, 5.74) is 0.447. The summed E-state index contributed by atoms with van der Waals surface area (Å²) in [6, 6.07) is 5.34. The van der Waals surface area contributed by atoms with Gasteiger partial charge in [0.1, 0.15) is 5.56 Å². The highest BCUT2D eigenvalue weighted by molar-refractivity contribution is 7.15. The molecule has 0 saturated heterocycles. The quantitative estimate of drug-likeness (QED) is 0.761. The van der Waals surface area contributed by atoms with E-state index in [2.05, 4.69) is 10.3 Å². The third-order valence-electron chi connectivity index (χ3n) is 3.49. The summed E-state index contributed by atoms with van der Waals surface area (Å²) in [4.78, 5) is 29.2. The van der Waals surface area contributed by atoms with E-state index in [0.717, 1.165) is 5.56 Å². The normalized spacial score (nSPS) is 10.6. The zero-order valence-electron chi connectivity index (χ0n) is 13.1. The molecular formula is C16H15N3O4S. The molecule has 0 bridgehead atoms. The van der Waals surface area contributed by atoms with Crippen LogP contribution in [-0.2, 0) is 6.54 Å². The average Bonchev–Trinajstić information content (AvgIpc) is 3.09. The van der Waals surface area contributed by atoms with E-state index in [1.807, 2.05) is 6.07 Å². The first-order chi connectivity index (χ1) is 11.6. The molecule has 0 fully saturated rings.